The van der Waals surface area contributed by atoms with Crippen LogP contribution in [0.3, 0.4) is 0 Å². The van der Waals surface area contributed by atoms with Crippen LogP contribution >= 0.6 is 0 Å². The van der Waals surface area contributed by atoms with Crippen LogP contribution < -0.4 is 16.0 Å². The second kappa shape index (κ2) is 10.1. The fourth-order valence-corrected chi connectivity index (χ4v) is 4.47. The first-order valence-electron chi connectivity index (χ1n) is 11.2. The Morgan fingerprint density at radius 2 is 1.81 bits per heavy atom. The zero-order valence-electron chi connectivity index (χ0n) is 18.9. The highest BCUT2D eigenvalue weighted by Gasteiger charge is 2.45. The summed E-state index contributed by atoms with van der Waals surface area (Å²) in [5.41, 5.74) is 0.584. The molecule has 3 N–H and O–H groups in total. The van der Waals surface area contributed by atoms with E-state index in [-0.39, 0.29) is 42.5 Å². The number of nitrogens with one attached hydrogen (secondary N) is 3. The van der Waals surface area contributed by atoms with Crippen LogP contribution in [0.15, 0.2) is 30.3 Å². The molecule has 0 unspecified atom stereocenters. The van der Waals surface area contributed by atoms with E-state index in [1.54, 1.807) is 12.1 Å². The van der Waals surface area contributed by atoms with Gasteiger partial charge >= 0.3 is 6.03 Å². The van der Waals surface area contributed by atoms with Crippen LogP contribution in [0.25, 0.3) is 0 Å². The molecule has 2 saturated heterocycles. The van der Waals surface area contributed by atoms with Crippen molar-refractivity contribution < 1.29 is 14.4 Å². The molecule has 3 rings (SSSR count). The predicted octanol–water partition coefficient (Wildman–Crippen LogP) is 1.43. The quantitative estimate of drug-likeness (QED) is 0.611. The van der Waals surface area contributed by atoms with Gasteiger partial charge in [-0.3, -0.25) is 14.5 Å². The number of fused-ring (bicyclic) bond motifs is 1. The first-order chi connectivity index (χ1) is 14.7. The lowest BCUT2D eigenvalue weighted by atomic mass is 10.0. The third-order valence-corrected chi connectivity index (χ3v) is 5.72. The van der Waals surface area contributed by atoms with Gasteiger partial charge in [0, 0.05) is 43.8 Å². The zero-order valence-corrected chi connectivity index (χ0v) is 18.9. The molecule has 1 aromatic carbocycles. The molecular formula is C23H35N5O3. The lowest BCUT2D eigenvalue weighted by molar-refractivity contribution is -0.143. The molecule has 8 nitrogen and oxygen atoms in total. The molecule has 2 heterocycles. The summed E-state index contributed by atoms with van der Waals surface area (Å²) in [6.45, 7) is 10.4. The monoisotopic (exact) mass is 429 g/mol. The summed E-state index contributed by atoms with van der Waals surface area (Å²) in [5, 5.41) is 8.78. The zero-order chi connectivity index (χ0) is 22.5. The molecule has 2 aliphatic rings. The Balaban J connectivity index is 1.65. The third-order valence-electron chi connectivity index (χ3n) is 5.72. The average molecular weight is 430 g/mol. The molecule has 2 aliphatic heterocycles. The Labute approximate surface area is 184 Å². The van der Waals surface area contributed by atoms with E-state index in [0.717, 1.165) is 19.5 Å². The van der Waals surface area contributed by atoms with Gasteiger partial charge in [0.1, 0.15) is 6.04 Å². The van der Waals surface area contributed by atoms with Crippen LogP contribution in [0.5, 0.6) is 0 Å². The van der Waals surface area contributed by atoms with Crippen molar-refractivity contribution >= 4 is 17.8 Å². The number of carbonyl (C=O) groups excluding carboxylic acids is 3. The molecule has 31 heavy (non-hydrogen) atoms. The van der Waals surface area contributed by atoms with Crippen molar-refractivity contribution in [2.45, 2.75) is 58.3 Å². The Hall–Kier alpha value is -2.61. The summed E-state index contributed by atoms with van der Waals surface area (Å²) in [6, 6.07) is 8.52. The Morgan fingerprint density at radius 3 is 2.45 bits per heavy atom. The molecule has 0 bridgehead atoms. The van der Waals surface area contributed by atoms with E-state index in [2.05, 4.69) is 34.7 Å². The molecular weight excluding hydrogens is 394 g/mol. The average Bonchev–Trinajstić information content (AvgIpc) is 3.09. The summed E-state index contributed by atoms with van der Waals surface area (Å²) < 4.78 is 0. The van der Waals surface area contributed by atoms with Crippen molar-refractivity contribution in [3.8, 4) is 0 Å². The number of hydrogen-bond donors (Lipinski definition) is 3. The van der Waals surface area contributed by atoms with E-state index in [1.807, 2.05) is 36.9 Å². The van der Waals surface area contributed by atoms with Crippen LogP contribution in [-0.4, -0.2) is 78.0 Å². The highest BCUT2D eigenvalue weighted by atomic mass is 16.2. The molecule has 1 aromatic rings. The van der Waals surface area contributed by atoms with E-state index in [9.17, 15) is 14.4 Å². The van der Waals surface area contributed by atoms with Crippen molar-refractivity contribution in [3.63, 3.8) is 0 Å². The van der Waals surface area contributed by atoms with Crippen molar-refractivity contribution in [3.05, 3.63) is 35.9 Å². The fourth-order valence-electron chi connectivity index (χ4n) is 4.47. The largest absolute Gasteiger partial charge is 0.350 e. The van der Waals surface area contributed by atoms with E-state index < -0.39 is 6.04 Å². The third kappa shape index (κ3) is 5.97. The van der Waals surface area contributed by atoms with E-state index >= 15 is 0 Å². The van der Waals surface area contributed by atoms with Gasteiger partial charge in [0.15, 0.2) is 0 Å². The fraction of sp³-hybridized carbons (Fsp3) is 0.609. The van der Waals surface area contributed by atoms with E-state index in [1.165, 1.54) is 0 Å². The van der Waals surface area contributed by atoms with Crippen LogP contribution in [0.4, 0.5) is 4.79 Å². The first kappa shape index (κ1) is 23.1. The Bertz CT molecular complexity index is 783. The van der Waals surface area contributed by atoms with Crippen LogP contribution in [0.1, 0.15) is 44.5 Å². The van der Waals surface area contributed by atoms with Gasteiger partial charge in [-0.2, -0.15) is 0 Å². The number of piperazine rings is 1. The summed E-state index contributed by atoms with van der Waals surface area (Å²) in [7, 11) is 0. The van der Waals surface area contributed by atoms with Gasteiger partial charge in [-0.05, 0) is 38.3 Å². The van der Waals surface area contributed by atoms with Crippen molar-refractivity contribution in [2.24, 2.45) is 5.92 Å². The molecule has 0 radical (unpaired) electrons. The summed E-state index contributed by atoms with van der Waals surface area (Å²) in [6.07, 6.45) is 0.745. The van der Waals surface area contributed by atoms with Gasteiger partial charge in [-0.25, -0.2) is 4.79 Å². The lowest BCUT2D eigenvalue weighted by Crippen LogP contribution is -2.63. The highest BCUT2D eigenvalue weighted by molar-refractivity contribution is 5.94. The molecule has 0 saturated carbocycles. The number of rotatable bonds is 7. The summed E-state index contributed by atoms with van der Waals surface area (Å²) in [4.78, 5) is 42.0. The van der Waals surface area contributed by atoms with E-state index in [0.29, 0.717) is 18.0 Å². The highest BCUT2D eigenvalue weighted by Crippen LogP contribution is 2.27. The maximum atomic E-state index is 13.4. The van der Waals surface area contributed by atoms with Gasteiger partial charge in [0.05, 0.1) is 6.04 Å². The number of urea groups is 1. The van der Waals surface area contributed by atoms with Crippen LogP contribution in [0, 0.1) is 5.92 Å². The van der Waals surface area contributed by atoms with Crippen molar-refractivity contribution in [1.29, 1.82) is 0 Å². The van der Waals surface area contributed by atoms with Gasteiger partial charge in [-0.15, -0.1) is 0 Å². The molecule has 0 aromatic heterocycles. The summed E-state index contributed by atoms with van der Waals surface area (Å²) >= 11 is 0. The van der Waals surface area contributed by atoms with E-state index in [4.69, 9.17) is 0 Å². The van der Waals surface area contributed by atoms with Crippen molar-refractivity contribution in [1.82, 2.24) is 25.8 Å². The second-order valence-corrected chi connectivity index (χ2v) is 9.29. The summed E-state index contributed by atoms with van der Waals surface area (Å²) in [5.74, 6) is 0.254. The Kier molecular flexibility index (Phi) is 7.54. The number of nitrogens with zero attached hydrogens (tertiary/aromatic N) is 2. The Morgan fingerprint density at radius 1 is 1.10 bits per heavy atom. The van der Waals surface area contributed by atoms with Gasteiger partial charge < -0.3 is 20.9 Å². The number of hydrogen-bond acceptors (Lipinski definition) is 4. The number of amides is 4. The molecule has 0 spiro atoms. The SMILES string of the molecule is CC(C)CN1C[C@@H]2C[C@H](NC(=O)NC(C)C)CN2C(=O)[C@@H]1CNC(=O)c1ccccc1. The minimum atomic E-state index is -0.394. The maximum Gasteiger partial charge on any atom is 0.315 e. The standard InChI is InChI=1S/C23H35N5O3/c1-15(2)12-27-14-19-10-18(26-23(31)25-16(3)4)13-28(19)22(30)20(27)11-24-21(29)17-8-6-5-7-9-17/h5-9,15-16,18-20H,10-14H2,1-4H3,(H,24,29)(H2,25,26,31)/t18-,19-,20-/m0/s1. The topological polar surface area (TPSA) is 93.8 Å². The maximum absolute atomic E-state index is 13.4. The molecule has 0 aliphatic carbocycles. The van der Waals surface area contributed by atoms with Gasteiger partial charge in [-0.1, -0.05) is 32.0 Å². The minimum Gasteiger partial charge on any atom is -0.350 e. The van der Waals surface area contributed by atoms with Crippen LogP contribution in [-0.2, 0) is 4.79 Å². The molecule has 4 amide bonds. The smallest absolute Gasteiger partial charge is 0.315 e. The lowest BCUT2D eigenvalue weighted by Gasteiger charge is -2.43. The predicted molar refractivity (Wildman–Crippen MR) is 120 cm³/mol. The number of carbonyl (C=O) groups is 3. The van der Waals surface area contributed by atoms with Crippen LogP contribution in [0.2, 0.25) is 0 Å². The van der Waals surface area contributed by atoms with Gasteiger partial charge in [0.25, 0.3) is 5.91 Å². The van der Waals surface area contributed by atoms with Gasteiger partial charge in [0.2, 0.25) is 5.91 Å². The molecule has 3 atom stereocenters. The second-order valence-electron chi connectivity index (χ2n) is 9.29. The normalized spacial score (nSPS) is 23.7. The molecule has 2 fully saturated rings. The molecule has 8 heteroatoms. The first-order valence-corrected chi connectivity index (χ1v) is 11.2. The number of benzene rings is 1. The minimum absolute atomic E-state index is 0.0267. The van der Waals surface area contributed by atoms with Crippen molar-refractivity contribution in [2.75, 3.05) is 26.2 Å². The molecule has 170 valence electrons.